The summed E-state index contributed by atoms with van der Waals surface area (Å²) in [4.78, 5) is 11.1. The first kappa shape index (κ1) is 12.9. The Morgan fingerprint density at radius 1 is 1.42 bits per heavy atom. The molecule has 1 aromatic heterocycles. The Kier molecular flexibility index (Phi) is 3.37. The van der Waals surface area contributed by atoms with Crippen LogP contribution in [0, 0.1) is 17.0 Å². The molecular weight excluding hydrogens is 254 g/mol. The summed E-state index contributed by atoms with van der Waals surface area (Å²) in [5.74, 6) is -2.20. The molecule has 0 radical (unpaired) electrons. The smallest absolute Gasteiger partial charge is 0.269 e. The lowest BCUT2D eigenvalue weighted by Gasteiger charge is -2.04. The predicted octanol–water partition coefficient (Wildman–Crippen LogP) is 1.31. The van der Waals surface area contributed by atoms with Crippen molar-refractivity contribution in [1.82, 2.24) is 9.78 Å². The summed E-state index contributed by atoms with van der Waals surface area (Å²) in [6.07, 6.45) is 2.24. The van der Waals surface area contributed by atoms with Crippen molar-refractivity contribution < 1.29 is 13.6 Å². The quantitative estimate of drug-likeness (QED) is 0.816. The standard InChI is InChI=1S/C12H10F2N4O/c13-9-2-1-3-10(14)8(9)6-18-5-7(4-15)11(17-18)12(16)19/h1-5,15H,6H2,(H2,16,19). The van der Waals surface area contributed by atoms with E-state index in [4.69, 9.17) is 11.1 Å². The van der Waals surface area contributed by atoms with Crippen molar-refractivity contribution in [2.75, 3.05) is 0 Å². The van der Waals surface area contributed by atoms with E-state index in [1.807, 2.05) is 0 Å². The van der Waals surface area contributed by atoms with Crippen molar-refractivity contribution in [3.63, 3.8) is 0 Å². The van der Waals surface area contributed by atoms with E-state index >= 15 is 0 Å². The van der Waals surface area contributed by atoms with Crippen molar-refractivity contribution in [2.45, 2.75) is 6.54 Å². The molecule has 7 heteroatoms. The van der Waals surface area contributed by atoms with Crippen LogP contribution in [-0.2, 0) is 6.54 Å². The van der Waals surface area contributed by atoms with Gasteiger partial charge in [0.25, 0.3) is 5.91 Å². The van der Waals surface area contributed by atoms with Crippen LogP contribution >= 0.6 is 0 Å². The largest absolute Gasteiger partial charge is 0.364 e. The lowest BCUT2D eigenvalue weighted by Crippen LogP contribution is -2.14. The van der Waals surface area contributed by atoms with Crippen LogP contribution in [0.4, 0.5) is 8.78 Å². The lowest BCUT2D eigenvalue weighted by atomic mass is 10.2. The number of amides is 1. The highest BCUT2D eigenvalue weighted by Gasteiger charge is 2.15. The molecule has 0 atom stereocenters. The van der Waals surface area contributed by atoms with Gasteiger partial charge in [-0.3, -0.25) is 9.48 Å². The van der Waals surface area contributed by atoms with Crippen molar-refractivity contribution in [2.24, 2.45) is 5.73 Å². The molecule has 19 heavy (non-hydrogen) atoms. The summed E-state index contributed by atoms with van der Waals surface area (Å²) >= 11 is 0. The van der Waals surface area contributed by atoms with Gasteiger partial charge in [-0.1, -0.05) is 6.07 Å². The van der Waals surface area contributed by atoms with E-state index in [9.17, 15) is 13.6 Å². The minimum Gasteiger partial charge on any atom is -0.364 e. The highest BCUT2D eigenvalue weighted by Crippen LogP contribution is 2.14. The Hall–Kier alpha value is -2.57. The molecule has 3 N–H and O–H groups in total. The average Bonchev–Trinajstić information content (AvgIpc) is 2.77. The molecule has 0 aliphatic carbocycles. The number of hydrogen-bond donors (Lipinski definition) is 2. The molecule has 0 fully saturated rings. The Labute approximate surface area is 107 Å². The van der Waals surface area contributed by atoms with Gasteiger partial charge in [-0.15, -0.1) is 0 Å². The molecule has 5 nitrogen and oxygen atoms in total. The Bertz CT molecular complexity index is 631. The number of aromatic nitrogens is 2. The molecule has 2 aromatic rings. The molecule has 0 spiro atoms. The van der Waals surface area contributed by atoms with E-state index in [0.717, 1.165) is 18.3 Å². The zero-order valence-corrected chi connectivity index (χ0v) is 9.73. The van der Waals surface area contributed by atoms with Gasteiger partial charge in [0.2, 0.25) is 0 Å². The van der Waals surface area contributed by atoms with Crippen LogP contribution in [0.2, 0.25) is 0 Å². The molecule has 1 heterocycles. The number of nitrogens with two attached hydrogens (primary N) is 1. The summed E-state index contributed by atoms with van der Waals surface area (Å²) in [7, 11) is 0. The summed E-state index contributed by atoms with van der Waals surface area (Å²) in [6.45, 7) is -0.188. The van der Waals surface area contributed by atoms with E-state index in [2.05, 4.69) is 5.10 Å². The second-order valence-electron chi connectivity index (χ2n) is 3.84. The number of nitrogens with zero attached hydrogens (tertiary/aromatic N) is 2. The molecule has 0 aliphatic rings. The van der Waals surface area contributed by atoms with Crippen molar-refractivity contribution in [3.05, 3.63) is 52.9 Å². The van der Waals surface area contributed by atoms with Gasteiger partial charge in [-0.05, 0) is 12.1 Å². The Morgan fingerprint density at radius 2 is 2.05 bits per heavy atom. The molecule has 0 saturated carbocycles. The zero-order chi connectivity index (χ0) is 14.0. The third kappa shape index (κ3) is 2.49. The maximum Gasteiger partial charge on any atom is 0.269 e. The highest BCUT2D eigenvalue weighted by molar-refractivity contribution is 5.99. The third-order valence-electron chi connectivity index (χ3n) is 2.56. The number of carbonyl (C=O) groups excluding carboxylic acids is 1. The number of hydrogen-bond acceptors (Lipinski definition) is 3. The molecule has 0 bridgehead atoms. The maximum atomic E-state index is 13.5. The van der Waals surface area contributed by atoms with E-state index in [0.29, 0.717) is 0 Å². The molecule has 0 unspecified atom stereocenters. The summed E-state index contributed by atoms with van der Waals surface area (Å²) in [5, 5.41) is 10.9. The van der Waals surface area contributed by atoms with Gasteiger partial charge in [0.15, 0.2) is 5.69 Å². The van der Waals surface area contributed by atoms with Crippen LogP contribution in [0.5, 0.6) is 0 Å². The fraction of sp³-hybridized carbons (Fsp3) is 0.0833. The number of nitrogens with one attached hydrogen (secondary N) is 1. The van der Waals surface area contributed by atoms with Gasteiger partial charge in [0, 0.05) is 23.5 Å². The number of rotatable bonds is 4. The molecule has 2 rings (SSSR count). The van der Waals surface area contributed by atoms with Crippen LogP contribution in [0.25, 0.3) is 0 Å². The predicted molar refractivity (Wildman–Crippen MR) is 64.1 cm³/mol. The zero-order valence-electron chi connectivity index (χ0n) is 9.73. The average molecular weight is 264 g/mol. The van der Waals surface area contributed by atoms with E-state index in [1.165, 1.54) is 16.9 Å². The van der Waals surface area contributed by atoms with Gasteiger partial charge in [0.05, 0.1) is 6.54 Å². The van der Waals surface area contributed by atoms with Crippen LogP contribution in [0.3, 0.4) is 0 Å². The second-order valence-corrected chi connectivity index (χ2v) is 3.84. The van der Waals surface area contributed by atoms with E-state index in [1.54, 1.807) is 0 Å². The van der Waals surface area contributed by atoms with E-state index in [-0.39, 0.29) is 23.4 Å². The summed E-state index contributed by atoms with van der Waals surface area (Å²) < 4.78 is 28.1. The van der Waals surface area contributed by atoms with Crippen LogP contribution in [0.15, 0.2) is 24.4 Å². The first-order valence-corrected chi connectivity index (χ1v) is 5.33. The first-order valence-electron chi connectivity index (χ1n) is 5.33. The number of benzene rings is 1. The SMILES string of the molecule is N=Cc1cn(Cc2c(F)cccc2F)nc1C(N)=O. The summed E-state index contributed by atoms with van der Waals surface area (Å²) in [5.41, 5.74) is 5.01. The molecule has 0 saturated heterocycles. The van der Waals surface area contributed by atoms with Gasteiger partial charge in [0.1, 0.15) is 11.6 Å². The highest BCUT2D eigenvalue weighted by atomic mass is 19.1. The van der Waals surface area contributed by atoms with Crippen molar-refractivity contribution in [1.29, 1.82) is 5.41 Å². The fourth-order valence-corrected chi connectivity index (χ4v) is 1.66. The Morgan fingerprint density at radius 3 is 2.53 bits per heavy atom. The normalized spacial score (nSPS) is 10.4. The van der Waals surface area contributed by atoms with Gasteiger partial charge < -0.3 is 11.1 Å². The van der Waals surface area contributed by atoms with Gasteiger partial charge >= 0.3 is 0 Å². The minimum atomic E-state index is -0.800. The number of carbonyl (C=O) groups is 1. The molecular formula is C12H10F2N4O. The minimum absolute atomic E-state index is 0.105. The van der Waals surface area contributed by atoms with Gasteiger partial charge in [-0.25, -0.2) is 8.78 Å². The Balaban J connectivity index is 2.39. The molecule has 1 aromatic carbocycles. The van der Waals surface area contributed by atoms with Crippen molar-refractivity contribution in [3.8, 4) is 0 Å². The molecule has 0 aliphatic heterocycles. The molecule has 98 valence electrons. The first-order chi connectivity index (χ1) is 9.02. The lowest BCUT2D eigenvalue weighted by molar-refractivity contribution is 0.0994. The topological polar surface area (TPSA) is 84.8 Å². The van der Waals surface area contributed by atoms with Crippen LogP contribution in [-0.4, -0.2) is 21.9 Å². The molecule has 1 amide bonds. The fourth-order valence-electron chi connectivity index (χ4n) is 1.66. The van der Waals surface area contributed by atoms with Gasteiger partial charge in [-0.2, -0.15) is 5.10 Å². The maximum absolute atomic E-state index is 13.5. The number of primary amides is 1. The number of halogens is 2. The summed E-state index contributed by atoms with van der Waals surface area (Å²) in [6, 6.07) is 3.53. The monoisotopic (exact) mass is 264 g/mol. The second kappa shape index (κ2) is 4.97. The van der Waals surface area contributed by atoms with Crippen LogP contribution < -0.4 is 5.73 Å². The van der Waals surface area contributed by atoms with E-state index < -0.39 is 17.5 Å². The van der Waals surface area contributed by atoms with Crippen LogP contribution in [0.1, 0.15) is 21.6 Å². The van der Waals surface area contributed by atoms with Crippen molar-refractivity contribution >= 4 is 12.1 Å². The third-order valence-corrected chi connectivity index (χ3v) is 2.56.